The van der Waals surface area contributed by atoms with Gasteiger partial charge in [0.15, 0.2) is 0 Å². The average Bonchev–Trinajstić information content (AvgIpc) is 3.68. The lowest BCUT2D eigenvalue weighted by atomic mass is 9.81. The highest BCUT2D eigenvalue weighted by Crippen LogP contribution is 2.43. The Morgan fingerprint density at radius 2 is 1.88 bits per heavy atom. The monoisotopic (exact) mass is 599 g/mol. The van der Waals surface area contributed by atoms with Crippen LogP contribution in [0.1, 0.15) is 56.9 Å². The maximum Gasteiger partial charge on any atom is 0.409 e. The first kappa shape index (κ1) is 31.8. The van der Waals surface area contributed by atoms with E-state index in [9.17, 15) is 23.6 Å². The van der Waals surface area contributed by atoms with Crippen LogP contribution in [0.3, 0.4) is 0 Å². The van der Waals surface area contributed by atoms with E-state index in [1.165, 1.54) is 23.5 Å². The third kappa shape index (κ3) is 8.44. The van der Waals surface area contributed by atoms with Crippen LogP contribution in [0.25, 0.3) is 0 Å². The quantitative estimate of drug-likeness (QED) is 0.326. The molecule has 1 amide bonds. The number of amides is 1. The minimum absolute atomic E-state index is 0.0780. The van der Waals surface area contributed by atoms with Gasteiger partial charge in [-0.3, -0.25) is 0 Å². The van der Waals surface area contributed by atoms with Crippen molar-refractivity contribution in [2.45, 2.75) is 81.1 Å². The summed E-state index contributed by atoms with van der Waals surface area (Å²) in [6.45, 7) is 0.429. The summed E-state index contributed by atoms with van der Waals surface area (Å²) in [6, 6.07) is 16.9. The van der Waals surface area contributed by atoms with E-state index in [4.69, 9.17) is 14.2 Å². The lowest BCUT2D eigenvalue weighted by molar-refractivity contribution is -0.0698. The number of hydrogen-bond acceptors (Lipinski definition) is 8. The molecule has 1 aliphatic heterocycles. The summed E-state index contributed by atoms with van der Waals surface area (Å²) < 4.78 is 45.5. The van der Waals surface area contributed by atoms with E-state index in [1.54, 1.807) is 12.1 Å². The molecule has 2 aliphatic rings. The van der Waals surface area contributed by atoms with Crippen molar-refractivity contribution in [2.24, 2.45) is 5.41 Å². The summed E-state index contributed by atoms with van der Waals surface area (Å²) >= 11 is 0. The second kappa shape index (κ2) is 14.8. The van der Waals surface area contributed by atoms with Crippen LogP contribution >= 0.6 is 0 Å². The summed E-state index contributed by atoms with van der Waals surface area (Å²) in [5, 5.41) is 23.7. The highest BCUT2D eigenvalue weighted by Gasteiger charge is 2.40. The summed E-state index contributed by atoms with van der Waals surface area (Å²) in [5.74, 6) is 0.527. The Kier molecular flexibility index (Phi) is 11.2. The Morgan fingerprint density at radius 3 is 2.50 bits per heavy atom. The van der Waals surface area contributed by atoms with Gasteiger partial charge in [0, 0.05) is 25.9 Å². The number of sulfonamides is 1. The van der Waals surface area contributed by atoms with Crippen LogP contribution in [-0.4, -0.2) is 69.2 Å². The Hall–Kier alpha value is -3.17. The van der Waals surface area contributed by atoms with Gasteiger partial charge in [0.2, 0.25) is 16.3 Å². The molecule has 3 atom stereocenters. The van der Waals surface area contributed by atoms with Crippen molar-refractivity contribution in [1.82, 2.24) is 9.62 Å². The average molecular weight is 600 g/mol. The van der Waals surface area contributed by atoms with E-state index in [0.29, 0.717) is 31.6 Å². The van der Waals surface area contributed by atoms with E-state index in [1.807, 2.05) is 30.3 Å². The molecule has 2 fully saturated rings. The maximum atomic E-state index is 14.1. The smallest absolute Gasteiger partial charge is 0.409 e. The molecule has 42 heavy (non-hydrogen) atoms. The molecule has 4 rings (SSSR count). The third-order valence-electron chi connectivity index (χ3n) is 8.22. The van der Waals surface area contributed by atoms with Gasteiger partial charge in [-0.25, -0.2) is 13.2 Å². The fourth-order valence-electron chi connectivity index (χ4n) is 5.88. The lowest BCUT2D eigenvalue weighted by Gasteiger charge is -2.36. The molecule has 1 heterocycles. The van der Waals surface area contributed by atoms with Crippen molar-refractivity contribution in [3.8, 4) is 11.8 Å². The fourth-order valence-corrected chi connectivity index (χ4v) is 7.46. The molecule has 11 heteroatoms. The number of carbonyl (C=O) groups excluding carboxylic acids is 1. The first-order chi connectivity index (χ1) is 20.2. The Balaban J connectivity index is 1.61. The first-order valence-corrected chi connectivity index (χ1v) is 16.0. The normalized spacial score (nSPS) is 19.6. The fraction of sp³-hybridized carbons (Fsp3) is 0.548. The first-order valence-electron chi connectivity index (χ1n) is 14.6. The van der Waals surface area contributed by atoms with Gasteiger partial charge >= 0.3 is 6.09 Å². The van der Waals surface area contributed by atoms with Gasteiger partial charge in [-0.2, -0.15) is 9.57 Å². The van der Waals surface area contributed by atoms with Gasteiger partial charge in [-0.05, 0) is 67.3 Å². The SMILES string of the molecule is COc1ccc(S(=O)(=O)N(C[C@@H](O)[C@H](Cc2ccccc2)NC(=O)O[C@H]2CCCO2)CC2(CCC#N)CCCC2)cc1. The number of nitrogens with zero attached hydrogens (tertiary/aromatic N) is 2. The number of hydrogen-bond donors (Lipinski definition) is 2. The minimum atomic E-state index is -4.05. The number of aliphatic hydroxyl groups excluding tert-OH is 1. The number of nitrogens with one attached hydrogen (secondary N) is 1. The molecule has 10 nitrogen and oxygen atoms in total. The number of methoxy groups -OCH3 is 1. The van der Waals surface area contributed by atoms with Gasteiger partial charge in [0.05, 0.1) is 36.8 Å². The zero-order valence-corrected chi connectivity index (χ0v) is 24.9. The zero-order chi connectivity index (χ0) is 30.0. The summed E-state index contributed by atoms with van der Waals surface area (Å²) in [5.41, 5.74) is 0.501. The molecule has 0 bridgehead atoms. The van der Waals surface area contributed by atoms with Gasteiger partial charge in [0.25, 0.3) is 0 Å². The van der Waals surface area contributed by atoms with Crippen LogP contribution < -0.4 is 10.1 Å². The van der Waals surface area contributed by atoms with Crippen molar-refractivity contribution >= 4 is 16.1 Å². The number of aliphatic hydroxyl groups is 1. The molecule has 1 saturated heterocycles. The van der Waals surface area contributed by atoms with Gasteiger partial charge in [-0.15, -0.1) is 0 Å². The molecule has 0 radical (unpaired) electrons. The molecule has 1 aliphatic carbocycles. The van der Waals surface area contributed by atoms with Gasteiger partial charge in [-0.1, -0.05) is 43.2 Å². The van der Waals surface area contributed by atoms with Crippen molar-refractivity contribution in [2.75, 3.05) is 26.8 Å². The second-order valence-electron chi connectivity index (χ2n) is 11.2. The van der Waals surface area contributed by atoms with Crippen LogP contribution in [0.4, 0.5) is 4.79 Å². The number of ether oxygens (including phenoxy) is 3. The zero-order valence-electron chi connectivity index (χ0n) is 24.1. The lowest BCUT2D eigenvalue weighted by Crippen LogP contribution is -2.52. The van der Waals surface area contributed by atoms with E-state index in [-0.39, 0.29) is 29.8 Å². The number of rotatable bonds is 14. The van der Waals surface area contributed by atoms with Crippen LogP contribution in [0.15, 0.2) is 59.5 Å². The number of nitriles is 1. The Labute approximate surface area is 248 Å². The van der Waals surface area contributed by atoms with E-state index in [0.717, 1.165) is 37.7 Å². The molecular weight excluding hydrogens is 558 g/mol. The van der Waals surface area contributed by atoms with Crippen LogP contribution in [0, 0.1) is 16.7 Å². The topological polar surface area (TPSA) is 138 Å². The standard InChI is InChI=1S/C31H41N3O7S/c1-39-25-12-14-26(15-13-25)42(37,38)34(23-31(18-8-19-32)16-5-6-17-31)22-28(35)27(21-24-9-3-2-4-10-24)33-30(36)41-29-11-7-20-40-29/h2-4,9-10,12-15,27-29,35H,5-8,11,16-18,20-23H2,1H3,(H,33,36)/t27-,28+,29-/m0/s1. The largest absolute Gasteiger partial charge is 0.497 e. The van der Waals surface area contributed by atoms with Crippen LogP contribution in [-0.2, 0) is 25.9 Å². The Morgan fingerprint density at radius 1 is 1.17 bits per heavy atom. The maximum absolute atomic E-state index is 14.1. The minimum Gasteiger partial charge on any atom is -0.497 e. The van der Waals surface area contributed by atoms with Crippen LogP contribution in [0.5, 0.6) is 5.75 Å². The van der Waals surface area contributed by atoms with Crippen molar-refractivity contribution in [3.63, 3.8) is 0 Å². The number of alkyl carbamates (subject to hydrolysis) is 1. The molecular formula is C31H41N3O7S. The van der Waals surface area contributed by atoms with Gasteiger partial charge in [0.1, 0.15) is 5.75 Å². The van der Waals surface area contributed by atoms with Gasteiger partial charge < -0.3 is 24.6 Å². The van der Waals surface area contributed by atoms with E-state index in [2.05, 4.69) is 11.4 Å². The summed E-state index contributed by atoms with van der Waals surface area (Å²) in [4.78, 5) is 12.9. The summed E-state index contributed by atoms with van der Waals surface area (Å²) in [6.07, 6.45) is 3.44. The highest BCUT2D eigenvalue weighted by atomic mass is 32.2. The van der Waals surface area contributed by atoms with Crippen LogP contribution in [0.2, 0.25) is 0 Å². The molecule has 0 spiro atoms. The molecule has 228 valence electrons. The highest BCUT2D eigenvalue weighted by molar-refractivity contribution is 7.89. The Bertz CT molecular complexity index is 1290. The molecule has 1 saturated carbocycles. The number of carbonyl (C=O) groups is 1. The second-order valence-corrected chi connectivity index (χ2v) is 13.1. The predicted octanol–water partition coefficient (Wildman–Crippen LogP) is 4.38. The molecule has 2 N–H and O–H groups in total. The van der Waals surface area contributed by atoms with Crippen molar-refractivity contribution in [3.05, 3.63) is 60.2 Å². The molecule has 0 aromatic heterocycles. The predicted molar refractivity (Wildman–Crippen MR) is 156 cm³/mol. The van der Waals surface area contributed by atoms with E-state index >= 15 is 0 Å². The molecule has 2 aromatic carbocycles. The number of benzene rings is 2. The molecule has 0 unspecified atom stereocenters. The molecule has 2 aromatic rings. The summed E-state index contributed by atoms with van der Waals surface area (Å²) in [7, 11) is -2.55. The third-order valence-corrected chi connectivity index (χ3v) is 10.0. The van der Waals surface area contributed by atoms with Crippen molar-refractivity contribution < 1.29 is 32.5 Å². The van der Waals surface area contributed by atoms with E-state index < -0.39 is 34.6 Å². The van der Waals surface area contributed by atoms with Crippen molar-refractivity contribution in [1.29, 1.82) is 5.26 Å².